The summed E-state index contributed by atoms with van der Waals surface area (Å²) in [6.07, 6.45) is 1.47. The number of nitrogens with zero attached hydrogens (tertiary/aromatic N) is 5. The minimum atomic E-state index is -0.738. The van der Waals surface area contributed by atoms with Crippen molar-refractivity contribution in [2.75, 3.05) is 20.1 Å². The molecule has 2 fully saturated rings. The summed E-state index contributed by atoms with van der Waals surface area (Å²) in [7, 11) is 1.74. The molecule has 2 saturated heterocycles. The first-order valence-electron chi connectivity index (χ1n) is 13.8. The number of piperazine rings is 1. The number of benzene rings is 3. The van der Waals surface area contributed by atoms with Gasteiger partial charge in [0.2, 0.25) is 11.8 Å². The van der Waals surface area contributed by atoms with Crippen LogP contribution >= 0.6 is 0 Å². The van der Waals surface area contributed by atoms with Crippen molar-refractivity contribution in [2.24, 2.45) is 0 Å². The quantitative estimate of drug-likeness (QED) is 0.383. The van der Waals surface area contributed by atoms with Gasteiger partial charge in [-0.25, -0.2) is 14.8 Å². The standard InChI is InChI=1S/C31H33N7O3/c1-21-8-10-22(11-9-21)15-27-30(40)36(18-24-12-13-25-17-33-34-26(25)14-24)19-28-37(27)29(39)20-35(2)38(28)31(41)32-16-23-6-4-3-5-7-23/h3-14,17,27-28H,15-16,18-20H2,1-2H3,(H,32,41)(H,33,34)/t27-,28-/m0/s1. The van der Waals surface area contributed by atoms with Crippen molar-refractivity contribution in [1.82, 2.24) is 35.3 Å². The number of likely N-dealkylation sites (N-methyl/N-ethyl adjacent to an activating group) is 1. The van der Waals surface area contributed by atoms with E-state index in [2.05, 4.69) is 15.5 Å². The Bertz CT molecular complexity index is 1570. The second-order valence-corrected chi connectivity index (χ2v) is 10.8. The zero-order chi connectivity index (χ0) is 28.5. The average molecular weight is 552 g/mol. The Morgan fingerprint density at radius 1 is 1.00 bits per heavy atom. The molecule has 0 bridgehead atoms. The van der Waals surface area contributed by atoms with Gasteiger partial charge in [0.1, 0.15) is 12.2 Å². The molecule has 0 spiro atoms. The highest BCUT2D eigenvalue weighted by Crippen LogP contribution is 2.29. The topological polar surface area (TPSA) is 105 Å². The minimum absolute atomic E-state index is 0.00340. The number of urea groups is 1. The number of amides is 4. The van der Waals surface area contributed by atoms with Crippen molar-refractivity contribution in [3.05, 3.63) is 101 Å². The number of fused-ring (bicyclic) bond motifs is 2. The third-order valence-corrected chi connectivity index (χ3v) is 7.86. The summed E-state index contributed by atoms with van der Waals surface area (Å²) in [5, 5.41) is 14.3. The molecule has 2 N–H and O–H groups in total. The molecular weight excluding hydrogens is 518 g/mol. The highest BCUT2D eigenvalue weighted by Gasteiger charge is 2.50. The largest absolute Gasteiger partial charge is 0.334 e. The fourth-order valence-electron chi connectivity index (χ4n) is 5.75. The Morgan fingerprint density at radius 2 is 1.76 bits per heavy atom. The highest BCUT2D eigenvalue weighted by molar-refractivity contribution is 5.91. The van der Waals surface area contributed by atoms with Crippen LogP contribution in [0.1, 0.15) is 22.3 Å². The Kier molecular flexibility index (Phi) is 7.15. The third kappa shape index (κ3) is 5.38. The van der Waals surface area contributed by atoms with Gasteiger partial charge in [-0.1, -0.05) is 72.3 Å². The van der Waals surface area contributed by atoms with E-state index in [4.69, 9.17) is 0 Å². The van der Waals surface area contributed by atoms with Gasteiger partial charge in [0, 0.05) is 31.9 Å². The lowest BCUT2D eigenvalue weighted by Gasteiger charge is -2.54. The van der Waals surface area contributed by atoms with E-state index in [9.17, 15) is 14.4 Å². The van der Waals surface area contributed by atoms with Crippen molar-refractivity contribution in [1.29, 1.82) is 0 Å². The predicted octanol–water partition coefficient (Wildman–Crippen LogP) is 3.05. The van der Waals surface area contributed by atoms with E-state index in [1.54, 1.807) is 33.1 Å². The van der Waals surface area contributed by atoms with Crippen LogP contribution in [0.15, 0.2) is 79.0 Å². The average Bonchev–Trinajstić information content (AvgIpc) is 3.44. The number of rotatable bonds is 6. The summed E-state index contributed by atoms with van der Waals surface area (Å²) >= 11 is 0. The lowest BCUT2D eigenvalue weighted by molar-refractivity contribution is -0.187. The molecule has 2 atom stereocenters. The van der Waals surface area contributed by atoms with Gasteiger partial charge >= 0.3 is 6.03 Å². The van der Waals surface area contributed by atoms with Gasteiger partial charge in [0.05, 0.1) is 24.8 Å². The summed E-state index contributed by atoms with van der Waals surface area (Å²) in [5.74, 6) is -0.303. The third-order valence-electron chi connectivity index (χ3n) is 7.86. The second-order valence-electron chi connectivity index (χ2n) is 10.8. The number of hydrogen-bond acceptors (Lipinski definition) is 5. The van der Waals surface area contributed by atoms with Crippen LogP contribution < -0.4 is 5.32 Å². The number of carbonyl (C=O) groups excluding carboxylic acids is 3. The van der Waals surface area contributed by atoms with Gasteiger partial charge in [0.25, 0.3) is 0 Å². The van der Waals surface area contributed by atoms with Crippen LogP contribution in [0.5, 0.6) is 0 Å². The lowest BCUT2D eigenvalue weighted by Crippen LogP contribution is -2.76. The molecule has 0 aliphatic carbocycles. The molecule has 4 amide bonds. The lowest BCUT2D eigenvalue weighted by atomic mass is 9.97. The van der Waals surface area contributed by atoms with Crippen molar-refractivity contribution >= 4 is 28.7 Å². The first-order valence-corrected chi connectivity index (χ1v) is 13.8. The number of aryl methyl sites for hydroxylation is 1. The smallest absolute Gasteiger partial charge is 0.333 e. The van der Waals surface area contributed by atoms with Gasteiger partial charge in [-0.05, 0) is 29.7 Å². The Morgan fingerprint density at radius 3 is 2.54 bits per heavy atom. The molecule has 6 rings (SSSR count). The number of carbonyl (C=O) groups is 3. The predicted molar refractivity (Wildman–Crippen MR) is 154 cm³/mol. The SMILES string of the molecule is Cc1ccc(C[C@H]2C(=O)N(Cc3ccc4cn[nH]c4c3)C[C@H]3N2C(=O)CN(C)N3C(=O)NCc2ccccc2)cc1. The fraction of sp³-hybridized carbons (Fsp3) is 0.290. The Balaban J connectivity index is 1.32. The van der Waals surface area contributed by atoms with Gasteiger partial charge in [-0.3, -0.25) is 14.7 Å². The first kappa shape index (κ1) is 26.5. The van der Waals surface area contributed by atoms with Crippen molar-refractivity contribution in [2.45, 2.75) is 38.6 Å². The number of nitrogens with one attached hydrogen (secondary N) is 2. The van der Waals surface area contributed by atoms with E-state index in [0.717, 1.165) is 33.2 Å². The van der Waals surface area contributed by atoms with Crippen LogP contribution in [0.2, 0.25) is 0 Å². The van der Waals surface area contributed by atoms with Crippen LogP contribution in [-0.4, -0.2) is 80.2 Å². The molecular formula is C31H33N7O3. The van der Waals surface area contributed by atoms with Crippen LogP contribution in [0.3, 0.4) is 0 Å². The number of aromatic amines is 1. The van der Waals surface area contributed by atoms with E-state index >= 15 is 0 Å². The van der Waals surface area contributed by atoms with Gasteiger partial charge < -0.3 is 15.1 Å². The van der Waals surface area contributed by atoms with E-state index in [-0.39, 0.29) is 30.9 Å². The summed E-state index contributed by atoms with van der Waals surface area (Å²) in [4.78, 5) is 44.6. The van der Waals surface area contributed by atoms with Crippen LogP contribution in [-0.2, 0) is 29.1 Å². The normalized spacial score (nSPS) is 19.5. The summed E-state index contributed by atoms with van der Waals surface area (Å²) in [6.45, 7) is 2.91. The van der Waals surface area contributed by atoms with Gasteiger partial charge in [-0.15, -0.1) is 0 Å². The fourth-order valence-corrected chi connectivity index (χ4v) is 5.75. The minimum Gasteiger partial charge on any atom is -0.333 e. The number of hydrazine groups is 1. The van der Waals surface area contributed by atoms with Crippen LogP contribution in [0.25, 0.3) is 10.9 Å². The van der Waals surface area contributed by atoms with Crippen molar-refractivity contribution in [3.8, 4) is 0 Å². The Labute approximate surface area is 238 Å². The van der Waals surface area contributed by atoms with Crippen LogP contribution in [0.4, 0.5) is 4.79 Å². The molecule has 2 aliphatic rings. The van der Waals surface area contributed by atoms with E-state index < -0.39 is 12.2 Å². The first-order chi connectivity index (χ1) is 19.9. The maximum absolute atomic E-state index is 14.1. The molecule has 41 heavy (non-hydrogen) atoms. The van der Waals surface area contributed by atoms with E-state index in [1.165, 1.54) is 0 Å². The number of hydrogen-bond donors (Lipinski definition) is 2. The van der Waals surface area contributed by atoms with Crippen molar-refractivity contribution < 1.29 is 14.4 Å². The molecule has 210 valence electrons. The zero-order valence-electron chi connectivity index (χ0n) is 23.2. The highest BCUT2D eigenvalue weighted by atomic mass is 16.2. The molecule has 4 aromatic rings. The van der Waals surface area contributed by atoms with Gasteiger partial charge in [0.15, 0.2) is 0 Å². The maximum Gasteiger partial charge on any atom is 0.334 e. The molecule has 10 nitrogen and oxygen atoms in total. The second kappa shape index (κ2) is 11.1. The molecule has 2 aliphatic heterocycles. The molecule has 3 heterocycles. The number of aromatic nitrogens is 2. The molecule has 3 aromatic carbocycles. The van der Waals surface area contributed by atoms with Crippen LogP contribution in [0, 0.1) is 6.92 Å². The zero-order valence-corrected chi connectivity index (χ0v) is 23.2. The summed E-state index contributed by atoms with van der Waals surface area (Å²) in [5.41, 5.74) is 4.88. The Hall–Kier alpha value is -4.70. The molecule has 0 unspecified atom stereocenters. The summed E-state index contributed by atoms with van der Waals surface area (Å²) in [6, 6.07) is 22.6. The maximum atomic E-state index is 14.1. The molecule has 0 saturated carbocycles. The monoisotopic (exact) mass is 551 g/mol. The number of H-pyrrole nitrogens is 1. The van der Waals surface area contributed by atoms with Crippen molar-refractivity contribution in [3.63, 3.8) is 0 Å². The molecule has 10 heteroatoms. The van der Waals surface area contributed by atoms with Gasteiger partial charge in [-0.2, -0.15) is 5.10 Å². The van der Waals surface area contributed by atoms with E-state index in [0.29, 0.717) is 19.5 Å². The molecule has 1 aromatic heterocycles. The molecule has 0 radical (unpaired) electrons. The van der Waals surface area contributed by atoms with E-state index in [1.807, 2.05) is 79.7 Å². The summed E-state index contributed by atoms with van der Waals surface area (Å²) < 4.78 is 0.